The van der Waals surface area contributed by atoms with Crippen molar-refractivity contribution in [2.75, 3.05) is 6.54 Å². The Hall–Kier alpha value is -1.51. The average Bonchev–Trinajstić information content (AvgIpc) is 2.38. The molecule has 1 atom stereocenters. The van der Waals surface area contributed by atoms with Crippen LogP contribution in [0.1, 0.15) is 25.0 Å². The van der Waals surface area contributed by atoms with Gasteiger partial charge in [-0.05, 0) is 37.0 Å². The van der Waals surface area contributed by atoms with Gasteiger partial charge in [0, 0.05) is 12.6 Å². The number of nitro groups is 1. The van der Waals surface area contributed by atoms with Gasteiger partial charge in [0.15, 0.2) is 4.90 Å². The van der Waals surface area contributed by atoms with E-state index in [0.29, 0.717) is 11.1 Å². The fourth-order valence-electron chi connectivity index (χ4n) is 1.64. The summed E-state index contributed by atoms with van der Waals surface area (Å²) in [7, 11) is -4.06. The van der Waals surface area contributed by atoms with Crippen LogP contribution in [0.3, 0.4) is 0 Å². The standard InChI is InChI=1S/C13H20N2O5S/c1-8(2)12(16)7-14-21(19,20)13-6-10(4)9(3)5-11(13)15(17)18/h5-6,8,12,14,16H,7H2,1-4H3. The molecule has 0 amide bonds. The minimum atomic E-state index is -4.06. The number of benzene rings is 1. The lowest BCUT2D eigenvalue weighted by molar-refractivity contribution is -0.387. The van der Waals surface area contributed by atoms with Crippen molar-refractivity contribution in [3.63, 3.8) is 0 Å². The maximum Gasteiger partial charge on any atom is 0.289 e. The van der Waals surface area contributed by atoms with Gasteiger partial charge in [-0.15, -0.1) is 0 Å². The number of nitrogens with one attached hydrogen (secondary N) is 1. The summed E-state index contributed by atoms with van der Waals surface area (Å²) >= 11 is 0. The zero-order chi connectivity index (χ0) is 16.4. The fourth-order valence-corrected chi connectivity index (χ4v) is 2.93. The molecule has 0 fully saturated rings. The quantitative estimate of drug-likeness (QED) is 0.610. The predicted octanol–water partition coefficient (Wildman–Crippen LogP) is 1.51. The first-order valence-electron chi connectivity index (χ1n) is 6.49. The highest BCUT2D eigenvalue weighted by atomic mass is 32.2. The molecule has 0 saturated heterocycles. The third kappa shape index (κ3) is 4.23. The van der Waals surface area contributed by atoms with Crippen molar-refractivity contribution in [2.45, 2.75) is 38.7 Å². The second-order valence-electron chi connectivity index (χ2n) is 5.32. The zero-order valence-electron chi connectivity index (χ0n) is 12.5. The fraction of sp³-hybridized carbons (Fsp3) is 0.538. The van der Waals surface area contributed by atoms with Gasteiger partial charge in [0.25, 0.3) is 5.69 Å². The summed E-state index contributed by atoms with van der Waals surface area (Å²) in [6.07, 6.45) is -0.856. The summed E-state index contributed by atoms with van der Waals surface area (Å²) < 4.78 is 26.7. The van der Waals surface area contributed by atoms with E-state index in [9.17, 15) is 23.6 Å². The number of rotatable bonds is 6. The lowest BCUT2D eigenvalue weighted by Gasteiger charge is -2.15. The molecule has 0 spiro atoms. The van der Waals surface area contributed by atoms with Crippen LogP contribution in [-0.4, -0.2) is 31.1 Å². The van der Waals surface area contributed by atoms with E-state index in [0.717, 1.165) is 0 Å². The monoisotopic (exact) mass is 316 g/mol. The van der Waals surface area contributed by atoms with Crippen molar-refractivity contribution in [1.82, 2.24) is 4.72 Å². The Morgan fingerprint density at radius 3 is 2.29 bits per heavy atom. The summed E-state index contributed by atoms with van der Waals surface area (Å²) in [5.74, 6) is -0.123. The third-order valence-electron chi connectivity index (χ3n) is 3.31. The molecule has 7 nitrogen and oxygen atoms in total. The summed E-state index contributed by atoms with van der Waals surface area (Å²) in [4.78, 5) is 9.94. The second kappa shape index (κ2) is 6.50. The van der Waals surface area contributed by atoms with E-state index in [-0.39, 0.29) is 17.4 Å². The second-order valence-corrected chi connectivity index (χ2v) is 7.06. The van der Waals surface area contributed by atoms with E-state index in [1.807, 2.05) is 0 Å². The highest BCUT2D eigenvalue weighted by Gasteiger charge is 2.27. The first kappa shape index (κ1) is 17.5. The highest BCUT2D eigenvalue weighted by Crippen LogP contribution is 2.27. The van der Waals surface area contributed by atoms with Gasteiger partial charge in [0.1, 0.15) is 0 Å². The van der Waals surface area contributed by atoms with Crippen LogP contribution in [0, 0.1) is 29.9 Å². The van der Waals surface area contributed by atoms with Crippen molar-refractivity contribution in [2.24, 2.45) is 5.92 Å². The summed E-state index contributed by atoms with van der Waals surface area (Å²) in [6, 6.07) is 2.51. The minimum Gasteiger partial charge on any atom is -0.391 e. The summed E-state index contributed by atoms with van der Waals surface area (Å²) in [5, 5.41) is 20.7. The number of aliphatic hydroxyl groups is 1. The molecule has 0 aliphatic heterocycles. The van der Waals surface area contributed by atoms with Gasteiger partial charge in [-0.2, -0.15) is 0 Å². The summed E-state index contributed by atoms with van der Waals surface area (Å²) in [5.41, 5.74) is 0.817. The molecule has 0 saturated carbocycles. The molecule has 1 aromatic rings. The van der Waals surface area contributed by atoms with Gasteiger partial charge < -0.3 is 5.11 Å². The normalized spacial score (nSPS) is 13.4. The lowest BCUT2D eigenvalue weighted by atomic mass is 10.1. The summed E-state index contributed by atoms with van der Waals surface area (Å²) in [6.45, 7) is 6.66. The molecule has 8 heteroatoms. The van der Waals surface area contributed by atoms with Gasteiger partial charge in [0.05, 0.1) is 11.0 Å². The van der Waals surface area contributed by atoms with E-state index in [4.69, 9.17) is 0 Å². The molecule has 0 heterocycles. The van der Waals surface area contributed by atoms with Crippen molar-refractivity contribution < 1.29 is 18.4 Å². The third-order valence-corrected chi connectivity index (χ3v) is 4.77. The Kier molecular flexibility index (Phi) is 5.43. The Morgan fingerprint density at radius 2 is 1.81 bits per heavy atom. The molecule has 1 unspecified atom stereocenters. The molecule has 1 rings (SSSR count). The molecule has 118 valence electrons. The van der Waals surface area contributed by atoms with Crippen LogP contribution in [-0.2, 0) is 10.0 Å². The largest absolute Gasteiger partial charge is 0.391 e. The maximum atomic E-state index is 12.2. The number of hydrogen-bond donors (Lipinski definition) is 2. The molecule has 1 aromatic carbocycles. The van der Waals surface area contributed by atoms with Crippen LogP contribution in [0.4, 0.5) is 5.69 Å². The number of aliphatic hydroxyl groups excluding tert-OH is 1. The zero-order valence-corrected chi connectivity index (χ0v) is 13.3. The SMILES string of the molecule is Cc1cc([N+](=O)[O-])c(S(=O)(=O)NCC(O)C(C)C)cc1C. The van der Waals surface area contributed by atoms with E-state index < -0.39 is 26.7 Å². The highest BCUT2D eigenvalue weighted by molar-refractivity contribution is 7.89. The van der Waals surface area contributed by atoms with Gasteiger partial charge in [-0.3, -0.25) is 10.1 Å². The minimum absolute atomic E-state index is 0.123. The van der Waals surface area contributed by atoms with Gasteiger partial charge >= 0.3 is 0 Å². The Labute approximate surface area is 124 Å². The van der Waals surface area contributed by atoms with Crippen LogP contribution in [0.2, 0.25) is 0 Å². The molecule has 0 aromatic heterocycles. The van der Waals surface area contributed by atoms with Crippen LogP contribution in [0.15, 0.2) is 17.0 Å². The van der Waals surface area contributed by atoms with Gasteiger partial charge in [0.2, 0.25) is 10.0 Å². The lowest BCUT2D eigenvalue weighted by Crippen LogP contribution is -2.35. The van der Waals surface area contributed by atoms with Crippen LogP contribution < -0.4 is 4.72 Å². The number of sulfonamides is 1. The Bertz CT molecular complexity index is 640. The molecule has 0 radical (unpaired) electrons. The molecular formula is C13H20N2O5S. The van der Waals surface area contributed by atoms with E-state index in [1.54, 1.807) is 27.7 Å². The predicted molar refractivity (Wildman–Crippen MR) is 78.6 cm³/mol. The van der Waals surface area contributed by atoms with E-state index in [2.05, 4.69) is 4.72 Å². The molecule has 2 N–H and O–H groups in total. The number of nitrogens with zero attached hydrogens (tertiary/aromatic N) is 1. The molecule has 0 bridgehead atoms. The first-order valence-corrected chi connectivity index (χ1v) is 7.98. The van der Waals surface area contributed by atoms with Crippen LogP contribution >= 0.6 is 0 Å². The maximum absolute atomic E-state index is 12.2. The van der Waals surface area contributed by atoms with E-state index >= 15 is 0 Å². The van der Waals surface area contributed by atoms with Crippen molar-refractivity contribution in [3.8, 4) is 0 Å². The molecule has 21 heavy (non-hydrogen) atoms. The number of aryl methyl sites for hydroxylation is 2. The van der Waals surface area contributed by atoms with Crippen molar-refractivity contribution in [1.29, 1.82) is 0 Å². The Morgan fingerprint density at radius 1 is 1.29 bits per heavy atom. The Balaban J connectivity index is 3.19. The average molecular weight is 316 g/mol. The number of nitro benzene ring substituents is 1. The first-order chi connectivity index (χ1) is 9.56. The molecule has 0 aliphatic carbocycles. The van der Waals surface area contributed by atoms with Crippen molar-refractivity contribution >= 4 is 15.7 Å². The van der Waals surface area contributed by atoms with Crippen LogP contribution in [0.25, 0.3) is 0 Å². The number of hydrogen-bond acceptors (Lipinski definition) is 5. The van der Waals surface area contributed by atoms with Gasteiger partial charge in [-0.1, -0.05) is 13.8 Å². The molecular weight excluding hydrogens is 296 g/mol. The van der Waals surface area contributed by atoms with Crippen LogP contribution in [0.5, 0.6) is 0 Å². The smallest absolute Gasteiger partial charge is 0.289 e. The molecule has 0 aliphatic rings. The van der Waals surface area contributed by atoms with Gasteiger partial charge in [-0.25, -0.2) is 13.1 Å². The van der Waals surface area contributed by atoms with E-state index in [1.165, 1.54) is 12.1 Å². The topological polar surface area (TPSA) is 110 Å². The van der Waals surface area contributed by atoms with Crippen molar-refractivity contribution in [3.05, 3.63) is 33.4 Å².